The topological polar surface area (TPSA) is 26.0 Å². The second kappa shape index (κ2) is 6.90. The average molecular weight is 193 g/mol. The first-order chi connectivity index (χ1) is 6.83. The van der Waals surface area contributed by atoms with E-state index in [1.807, 2.05) is 6.92 Å². The molecular weight excluding hydrogens is 170 g/mol. The zero-order chi connectivity index (χ0) is 10.2. The molecule has 80 valence electrons. The normalized spacial score (nSPS) is 20.7. The van der Waals surface area contributed by atoms with Gasteiger partial charge in [0.1, 0.15) is 0 Å². The number of rotatable bonds is 3. The Bertz CT molecular complexity index is 191. The van der Waals surface area contributed by atoms with Gasteiger partial charge in [-0.2, -0.15) is 0 Å². The Kier molecular flexibility index (Phi) is 5.71. The highest BCUT2D eigenvalue weighted by Crippen LogP contribution is 2.26. The van der Waals surface area contributed by atoms with Gasteiger partial charge in [-0.1, -0.05) is 38.5 Å². The van der Waals surface area contributed by atoms with Gasteiger partial charge in [-0.25, -0.2) is 0 Å². The molecule has 1 aliphatic carbocycles. The minimum atomic E-state index is 0.311. The van der Waals surface area contributed by atoms with Crippen LogP contribution in [0.2, 0.25) is 0 Å². The van der Waals surface area contributed by atoms with Crippen molar-refractivity contribution in [3.05, 3.63) is 0 Å². The van der Waals surface area contributed by atoms with Crippen LogP contribution < -0.4 is 5.73 Å². The fourth-order valence-electron chi connectivity index (χ4n) is 2.34. The molecule has 0 aromatic rings. The first kappa shape index (κ1) is 11.6. The SMILES string of the molecule is CC#CCC(N)CC1CCCCCC1. The third-order valence-electron chi connectivity index (χ3n) is 3.15. The van der Waals surface area contributed by atoms with Crippen LogP contribution in [-0.2, 0) is 0 Å². The number of hydrogen-bond donors (Lipinski definition) is 1. The lowest BCUT2D eigenvalue weighted by Gasteiger charge is -2.17. The van der Waals surface area contributed by atoms with Crippen molar-refractivity contribution in [3.8, 4) is 11.8 Å². The van der Waals surface area contributed by atoms with E-state index >= 15 is 0 Å². The standard InChI is InChI=1S/C13H23N/c1-2-3-10-13(14)11-12-8-6-4-5-7-9-12/h12-13H,4-11,14H2,1H3. The minimum Gasteiger partial charge on any atom is -0.327 e. The van der Waals surface area contributed by atoms with Crippen molar-refractivity contribution in [1.29, 1.82) is 0 Å². The Labute approximate surface area is 88.5 Å². The molecule has 0 radical (unpaired) electrons. The molecule has 0 amide bonds. The Hall–Kier alpha value is -0.480. The van der Waals surface area contributed by atoms with Gasteiger partial charge in [0.25, 0.3) is 0 Å². The summed E-state index contributed by atoms with van der Waals surface area (Å²) in [6.45, 7) is 1.89. The summed E-state index contributed by atoms with van der Waals surface area (Å²) >= 11 is 0. The summed E-state index contributed by atoms with van der Waals surface area (Å²) in [5.74, 6) is 6.88. The molecule has 0 aromatic heterocycles. The fourth-order valence-corrected chi connectivity index (χ4v) is 2.34. The van der Waals surface area contributed by atoms with Crippen LogP contribution in [0.15, 0.2) is 0 Å². The van der Waals surface area contributed by atoms with Gasteiger partial charge in [0.15, 0.2) is 0 Å². The summed E-state index contributed by atoms with van der Waals surface area (Å²) in [6.07, 6.45) is 10.6. The maximum absolute atomic E-state index is 6.04. The third kappa shape index (κ3) is 4.67. The van der Waals surface area contributed by atoms with Gasteiger partial charge in [-0.15, -0.1) is 11.8 Å². The molecule has 1 fully saturated rings. The molecule has 0 bridgehead atoms. The highest BCUT2D eigenvalue weighted by molar-refractivity contribution is 4.97. The predicted octanol–water partition coefficient (Wildman–Crippen LogP) is 3.09. The molecule has 1 aliphatic rings. The minimum absolute atomic E-state index is 0.311. The van der Waals surface area contributed by atoms with Gasteiger partial charge in [-0.3, -0.25) is 0 Å². The Morgan fingerprint density at radius 2 is 1.86 bits per heavy atom. The van der Waals surface area contributed by atoms with E-state index in [0.29, 0.717) is 6.04 Å². The van der Waals surface area contributed by atoms with E-state index < -0.39 is 0 Å². The van der Waals surface area contributed by atoms with Crippen molar-refractivity contribution in [2.45, 2.75) is 64.3 Å². The van der Waals surface area contributed by atoms with Crippen LogP contribution in [0.3, 0.4) is 0 Å². The van der Waals surface area contributed by atoms with Crippen LogP contribution in [0.5, 0.6) is 0 Å². The maximum atomic E-state index is 6.04. The van der Waals surface area contributed by atoms with Crippen molar-refractivity contribution in [3.63, 3.8) is 0 Å². The van der Waals surface area contributed by atoms with Crippen molar-refractivity contribution >= 4 is 0 Å². The molecule has 2 N–H and O–H groups in total. The summed E-state index contributed by atoms with van der Waals surface area (Å²) in [5.41, 5.74) is 6.04. The van der Waals surface area contributed by atoms with Gasteiger partial charge in [0.05, 0.1) is 0 Å². The first-order valence-electron chi connectivity index (χ1n) is 5.98. The smallest absolute Gasteiger partial charge is 0.0241 e. The summed E-state index contributed by atoms with van der Waals surface area (Å²) in [7, 11) is 0. The van der Waals surface area contributed by atoms with E-state index in [4.69, 9.17) is 5.73 Å². The summed E-state index contributed by atoms with van der Waals surface area (Å²) in [5, 5.41) is 0. The molecule has 0 aliphatic heterocycles. The lowest BCUT2D eigenvalue weighted by molar-refractivity contribution is 0.390. The van der Waals surface area contributed by atoms with E-state index in [2.05, 4.69) is 11.8 Å². The fraction of sp³-hybridized carbons (Fsp3) is 0.846. The molecule has 0 spiro atoms. The molecule has 1 unspecified atom stereocenters. The zero-order valence-corrected chi connectivity index (χ0v) is 9.39. The van der Waals surface area contributed by atoms with Crippen LogP contribution in [0.4, 0.5) is 0 Å². The van der Waals surface area contributed by atoms with E-state index in [1.54, 1.807) is 0 Å². The molecule has 1 rings (SSSR count). The maximum Gasteiger partial charge on any atom is 0.0241 e. The van der Waals surface area contributed by atoms with Crippen molar-refractivity contribution in [1.82, 2.24) is 0 Å². The molecule has 0 heterocycles. The molecular formula is C13H23N. The van der Waals surface area contributed by atoms with Crippen molar-refractivity contribution in [2.75, 3.05) is 0 Å². The van der Waals surface area contributed by atoms with Crippen LogP contribution in [0, 0.1) is 17.8 Å². The van der Waals surface area contributed by atoms with Gasteiger partial charge in [-0.05, 0) is 19.3 Å². The second-order valence-electron chi connectivity index (χ2n) is 4.48. The van der Waals surface area contributed by atoms with Gasteiger partial charge in [0.2, 0.25) is 0 Å². The molecule has 1 nitrogen and oxygen atoms in total. The largest absolute Gasteiger partial charge is 0.327 e. The highest BCUT2D eigenvalue weighted by Gasteiger charge is 2.14. The molecule has 14 heavy (non-hydrogen) atoms. The van der Waals surface area contributed by atoms with Crippen LogP contribution in [-0.4, -0.2) is 6.04 Å². The van der Waals surface area contributed by atoms with Gasteiger partial charge in [0, 0.05) is 12.5 Å². The van der Waals surface area contributed by atoms with E-state index in [1.165, 1.54) is 44.9 Å². The summed E-state index contributed by atoms with van der Waals surface area (Å²) in [6, 6.07) is 0.311. The molecule has 0 saturated heterocycles. The summed E-state index contributed by atoms with van der Waals surface area (Å²) < 4.78 is 0. The van der Waals surface area contributed by atoms with Crippen LogP contribution in [0.1, 0.15) is 58.3 Å². The van der Waals surface area contributed by atoms with Gasteiger partial charge < -0.3 is 5.73 Å². The second-order valence-corrected chi connectivity index (χ2v) is 4.48. The van der Waals surface area contributed by atoms with E-state index in [-0.39, 0.29) is 0 Å². The molecule has 1 atom stereocenters. The molecule has 0 aromatic carbocycles. The average Bonchev–Trinajstić information content (AvgIpc) is 2.43. The quantitative estimate of drug-likeness (QED) is 0.541. The first-order valence-corrected chi connectivity index (χ1v) is 5.98. The number of nitrogens with two attached hydrogens (primary N) is 1. The van der Waals surface area contributed by atoms with E-state index in [0.717, 1.165) is 12.3 Å². The highest BCUT2D eigenvalue weighted by atomic mass is 14.6. The summed E-state index contributed by atoms with van der Waals surface area (Å²) in [4.78, 5) is 0. The van der Waals surface area contributed by atoms with Crippen LogP contribution in [0.25, 0.3) is 0 Å². The Balaban J connectivity index is 2.22. The lowest BCUT2D eigenvalue weighted by Crippen LogP contribution is -2.22. The molecule has 1 heteroatoms. The Morgan fingerprint density at radius 1 is 1.21 bits per heavy atom. The van der Waals surface area contributed by atoms with E-state index in [9.17, 15) is 0 Å². The lowest BCUT2D eigenvalue weighted by atomic mass is 9.92. The molecule has 1 saturated carbocycles. The number of hydrogen-bond acceptors (Lipinski definition) is 1. The van der Waals surface area contributed by atoms with Crippen molar-refractivity contribution in [2.24, 2.45) is 11.7 Å². The predicted molar refractivity (Wildman–Crippen MR) is 61.9 cm³/mol. The van der Waals surface area contributed by atoms with Crippen molar-refractivity contribution < 1.29 is 0 Å². The van der Waals surface area contributed by atoms with Crippen LogP contribution >= 0.6 is 0 Å². The third-order valence-corrected chi connectivity index (χ3v) is 3.15. The monoisotopic (exact) mass is 193 g/mol. The zero-order valence-electron chi connectivity index (χ0n) is 9.39. The Morgan fingerprint density at radius 3 is 2.43 bits per heavy atom. The van der Waals surface area contributed by atoms with Gasteiger partial charge >= 0.3 is 0 Å².